The third-order valence-corrected chi connectivity index (χ3v) is 1.44. The molecule has 12 heavy (non-hydrogen) atoms. The Morgan fingerprint density at radius 2 is 1.75 bits per heavy atom. The lowest BCUT2D eigenvalue weighted by Crippen LogP contribution is -2.37. The van der Waals surface area contributed by atoms with Gasteiger partial charge >= 0.3 is 16.5 Å². The Balaban J connectivity index is 4.40. The number of carbonyl (C=O) groups is 3. The van der Waals surface area contributed by atoms with Crippen LogP contribution in [0.2, 0.25) is 0 Å². The fourth-order valence-electron chi connectivity index (χ4n) is 0.599. The lowest BCUT2D eigenvalue weighted by Gasteiger charge is -2.13. The second kappa shape index (κ2) is 5.11. The number of hydrogen-bond donors (Lipinski definition) is 0. The highest BCUT2D eigenvalue weighted by molar-refractivity contribution is 6.82. The minimum absolute atomic E-state index is 0.0969. The van der Waals surface area contributed by atoms with E-state index in [-0.39, 0.29) is 6.54 Å². The summed E-state index contributed by atoms with van der Waals surface area (Å²) in [5, 5.41) is -2.20. The van der Waals surface area contributed by atoms with Crippen LogP contribution < -0.4 is 0 Å². The van der Waals surface area contributed by atoms with Crippen LogP contribution in [0.5, 0.6) is 0 Å². The first-order chi connectivity index (χ1) is 5.50. The Morgan fingerprint density at radius 3 is 2.00 bits per heavy atom. The summed E-state index contributed by atoms with van der Waals surface area (Å²) < 4.78 is 0. The molecule has 0 atom stereocenters. The first-order valence-corrected chi connectivity index (χ1v) is 3.97. The molecule has 0 saturated carbocycles. The fourth-order valence-corrected chi connectivity index (χ4v) is 0.862. The molecule has 0 N–H and O–H groups in total. The third kappa shape index (κ3) is 3.19. The van der Waals surface area contributed by atoms with Gasteiger partial charge in [0.05, 0.1) is 0 Å². The summed E-state index contributed by atoms with van der Waals surface area (Å²) in [6, 6.07) is 0. The molecule has 4 nitrogen and oxygen atoms in total. The van der Waals surface area contributed by atoms with E-state index < -0.39 is 16.5 Å². The highest BCUT2D eigenvalue weighted by Gasteiger charge is 2.23. The molecule has 0 bridgehead atoms. The van der Waals surface area contributed by atoms with Crippen molar-refractivity contribution >= 4 is 39.7 Å². The summed E-state index contributed by atoms with van der Waals surface area (Å²) in [5.41, 5.74) is 0. The predicted molar refractivity (Wildman–Crippen MR) is 44.1 cm³/mol. The van der Waals surface area contributed by atoms with Crippen LogP contribution in [0.1, 0.15) is 13.3 Å². The standard InChI is InChI=1S/C6H7Cl2NO3/c1-2-3-9(6(8)12)5(11)4(7)10/h2-3H2,1H3. The number of rotatable bonds is 3. The number of hydrogen-bond acceptors (Lipinski definition) is 3. The average molecular weight is 212 g/mol. The van der Waals surface area contributed by atoms with Gasteiger partial charge in [-0.3, -0.25) is 19.3 Å². The van der Waals surface area contributed by atoms with Gasteiger partial charge in [-0.2, -0.15) is 0 Å². The molecular weight excluding hydrogens is 205 g/mol. The Labute approximate surface area is 79.4 Å². The maximum absolute atomic E-state index is 10.8. The summed E-state index contributed by atoms with van der Waals surface area (Å²) >= 11 is 9.88. The van der Waals surface area contributed by atoms with Gasteiger partial charge in [0, 0.05) is 6.54 Å². The number of amides is 2. The molecule has 0 heterocycles. The number of carbonyl (C=O) groups excluding carboxylic acids is 3. The molecule has 0 rings (SSSR count). The van der Waals surface area contributed by atoms with E-state index >= 15 is 0 Å². The van der Waals surface area contributed by atoms with Crippen molar-refractivity contribution in [2.45, 2.75) is 13.3 Å². The van der Waals surface area contributed by atoms with Gasteiger partial charge in [0.15, 0.2) is 0 Å². The van der Waals surface area contributed by atoms with Crippen molar-refractivity contribution in [2.75, 3.05) is 6.54 Å². The molecule has 0 aromatic heterocycles. The minimum Gasteiger partial charge on any atom is -0.270 e. The second-order valence-electron chi connectivity index (χ2n) is 1.98. The average Bonchev–Trinajstić information content (AvgIpc) is 1.98. The smallest absolute Gasteiger partial charge is 0.270 e. The van der Waals surface area contributed by atoms with Gasteiger partial charge in [0.2, 0.25) is 0 Å². The monoisotopic (exact) mass is 211 g/mol. The van der Waals surface area contributed by atoms with Crippen molar-refractivity contribution in [3.8, 4) is 0 Å². The summed E-state index contributed by atoms with van der Waals surface area (Å²) in [6.07, 6.45) is 0.522. The van der Waals surface area contributed by atoms with Crippen LogP contribution in [0.4, 0.5) is 4.79 Å². The van der Waals surface area contributed by atoms with Gasteiger partial charge in [-0.15, -0.1) is 0 Å². The van der Waals surface area contributed by atoms with E-state index in [1.807, 2.05) is 0 Å². The zero-order valence-electron chi connectivity index (χ0n) is 6.34. The first-order valence-electron chi connectivity index (χ1n) is 3.21. The van der Waals surface area contributed by atoms with Crippen LogP contribution in [0.25, 0.3) is 0 Å². The van der Waals surface area contributed by atoms with Gasteiger partial charge in [-0.05, 0) is 29.6 Å². The van der Waals surface area contributed by atoms with Crippen molar-refractivity contribution in [1.82, 2.24) is 4.90 Å². The Bertz CT molecular complexity index is 217. The van der Waals surface area contributed by atoms with Crippen LogP contribution in [0, 0.1) is 0 Å². The molecule has 2 amide bonds. The molecule has 0 aromatic carbocycles. The van der Waals surface area contributed by atoms with Crippen molar-refractivity contribution in [3.63, 3.8) is 0 Å². The van der Waals surface area contributed by atoms with Crippen LogP contribution >= 0.6 is 23.2 Å². The highest BCUT2D eigenvalue weighted by atomic mass is 35.5. The van der Waals surface area contributed by atoms with Crippen LogP contribution in [0.15, 0.2) is 0 Å². The van der Waals surface area contributed by atoms with Crippen LogP contribution in [-0.4, -0.2) is 28.0 Å². The molecule has 0 fully saturated rings. The molecule has 0 radical (unpaired) electrons. The van der Waals surface area contributed by atoms with E-state index in [0.29, 0.717) is 11.3 Å². The molecule has 0 aromatic rings. The van der Waals surface area contributed by atoms with E-state index in [0.717, 1.165) is 0 Å². The highest BCUT2D eigenvalue weighted by Crippen LogP contribution is 2.01. The van der Waals surface area contributed by atoms with Crippen molar-refractivity contribution in [2.24, 2.45) is 0 Å². The molecule has 0 aliphatic heterocycles. The summed E-state index contributed by atoms with van der Waals surface area (Å²) in [5.74, 6) is -1.08. The molecule has 0 aliphatic carbocycles. The molecular formula is C6H7Cl2NO3. The maximum atomic E-state index is 10.8. The molecule has 0 aliphatic rings. The van der Waals surface area contributed by atoms with E-state index in [2.05, 4.69) is 0 Å². The molecule has 0 saturated heterocycles. The quantitative estimate of drug-likeness (QED) is 0.403. The molecule has 0 spiro atoms. The number of nitrogens with zero attached hydrogens (tertiary/aromatic N) is 1. The van der Waals surface area contributed by atoms with Crippen molar-refractivity contribution in [1.29, 1.82) is 0 Å². The lowest BCUT2D eigenvalue weighted by atomic mass is 10.4. The summed E-state index contributed by atoms with van der Waals surface area (Å²) in [6.45, 7) is 1.83. The third-order valence-electron chi connectivity index (χ3n) is 1.07. The normalized spacial score (nSPS) is 9.25. The zero-order chi connectivity index (χ0) is 9.72. The molecule has 0 unspecified atom stereocenters. The van der Waals surface area contributed by atoms with Gasteiger partial charge in [-0.25, -0.2) is 0 Å². The Morgan fingerprint density at radius 1 is 1.25 bits per heavy atom. The maximum Gasteiger partial charge on any atom is 0.323 e. The van der Waals surface area contributed by atoms with Gasteiger partial charge < -0.3 is 0 Å². The zero-order valence-corrected chi connectivity index (χ0v) is 7.85. The van der Waals surface area contributed by atoms with E-state index in [1.54, 1.807) is 6.92 Å². The van der Waals surface area contributed by atoms with Gasteiger partial charge in [-0.1, -0.05) is 6.92 Å². The summed E-state index contributed by atoms with van der Waals surface area (Å²) in [7, 11) is 0. The van der Waals surface area contributed by atoms with Gasteiger partial charge in [0.25, 0.3) is 0 Å². The van der Waals surface area contributed by atoms with Crippen LogP contribution in [-0.2, 0) is 9.59 Å². The molecule has 6 heteroatoms. The second-order valence-corrected chi connectivity index (χ2v) is 2.65. The van der Waals surface area contributed by atoms with E-state index in [9.17, 15) is 14.4 Å². The number of halogens is 2. The first kappa shape index (κ1) is 11.4. The van der Waals surface area contributed by atoms with Crippen molar-refractivity contribution in [3.05, 3.63) is 0 Å². The fraction of sp³-hybridized carbons (Fsp3) is 0.500. The lowest BCUT2D eigenvalue weighted by molar-refractivity contribution is -0.138. The Hall–Kier alpha value is -0.610. The molecule has 68 valence electrons. The Kier molecular flexibility index (Phi) is 4.85. The van der Waals surface area contributed by atoms with E-state index in [4.69, 9.17) is 23.2 Å². The van der Waals surface area contributed by atoms with E-state index in [1.165, 1.54) is 0 Å². The topological polar surface area (TPSA) is 54.5 Å². The summed E-state index contributed by atoms with van der Waals surface area (Å²) in [4.78, 5) is 32.3. The van der Waals surface area contributed by atoms with Crippen molar-refractivity contribution < 1.29 is 14.4 Å². The largest absolute Gasteiger partial charge is 0.323 e. The van der Waals surface area contributed by atoms with Gasteiger partial charge in [0.1, 0.15) is 0 Å². The van der Waals surface area contributed by atoms with Crippen LogP contribution in [0.3, 0.4) is 0 Å². The number of imide groups is 1. The minimum atomic E-state index is -1.21. The predicted octanol–water partition coefficient (Wildman–Crippen LogP) is 1.35. The SMILES string of the molecule is CCCN(C(=O)Cl)C(=O)C(=O)Cl.